The summed E-state index contributed by atoms with van der Waals surface area (Å²) in [4.78, 5) is 11.2. The van der Waals surface area contributed by atoms with Gasteiger partial charge in [-0.2, -0.15) is 0 Å². The largest absolute Gasteiger partial charge is 0.487 e. The lowest BCUT2D eigenvalue weighted by Crippen LogP contribution is -2.21. The van der Waals surface area contributed by atoms with Gasteiger partial charge >= 0.3 is 5.97 Å². The van der Waals surface area contributed by atoms with Crippen LogP contribution < -0.4 is 10.5 Å². The monoisotopic (exact) mass is 363 g/mol. The van der Waals surface area contributed by atoms with Crippen molar-refractivity contribution in [1.29, 1.82) is 0 Å². The zero-order chi connectivity index (χ0) is 16.1. The minimum Gasteiger partial charge on any atom is -0.487 e. The topological polar surface area (TPSA) is 72.6 Å². The van der Waals surface area contributed by atoms with Gasteiger partial charge in [0.05, 0.1) is 10.4 Å². The number of aliphatic carboxylic acids is 1. The van der Waals surface area contributed by atoms with Gasteiger partial charge in [0.2, 0.25) is 0 Å². The Morgan fingerprint density at radius 3 is 2.55 bits per heavy atom. The van der Waals surface area contributed by atoms with Gasteiger partial charge in [-0.1, -0.05) is 36.4 Å². The molecule has 5 heteroatoms. The third kappa shape index (κ3) is 3.87. The molecule has 0 fully saturated rings. The summed E-state index contributed by atoms with van der Waals surface area (Å²) < 4.78 is 6.59. The molecular formula is C17H18BrNO3. The van der Waals surface area contributed by atoms with Gasteiger partial charge in [0.15, 0.2) is 0 Å². The smallest absolute Gasteiger partial charge is 0.312 e. The lowest BCUT2D eigenvalue weighted by Gasteiger charge is -2.16. The zero-order valence-electron chi connectivity index (χ0n) is 12.3. The Labute approximate surface area is 138 Å². The van der Waals surface area contributed by atoms with Crippen LogP contribution in [0.4, 0.5) is 0 Å². The van der Waals surface area contributed by atoms with Crippen molar-refractivity contribution in [2.75, 3.05) is 6.54 Å². The third-order valence-corrected chi connectivity index (χ3v) is 4.00. The quantitative estimate of drug-likeness (QED) is 0.823. The fourth-order valence-electron chi connectivity index (χ4n) is 2.25. The summed E-state index contributed by atoms with van der Waals surface area (Å²) in [5.41, 5.74) is 8.17. The maximum Gasteiger partial charge on any atom is 0.312 e. The Hall–Kier alpha value is -1.85. The van der Waals surface area contributed by atoms with E-state index in [0.29, 0.717) is 17.9 Å². The molecule has 0 spiro atoms. The number of halogens is 1. The van der Waals surface area contributed by atoms with Gasteiger partial charge in [-0.25, -0.2) is 0 Å². The van der Waals surface area contributed by atoms with Crippen LogP contribution in [0.2, 0.25) is 0 Å². The van der Waals surface area contributed by atoms with Crippen molar-refractivity contribution in [2.24, 2.45) is 5.73 Å². The summed E-state index contributed by atoms with van der Waals surface area (Å²) in [7, 11) is 0. The predicted molar refractivity (Wildman–Crippen MR) is 89.1 cm³/mol. The van der Waals surface area contributed by atoms with Gasteiger partial charge in [-0.05, 0) is 45.6 Å². The van der Waals surface area contributed by atoms with Crippen LogP contribution in [0, 0.1) is 6.92 Å². The molecule has 0 bridgehead atoms. The number of aryl methyl sites for hydroxylation is 1. The highest BCUT2D eigenvalue weighted by molar-refractivity contribution is 9.10. The number of carboxylic acid groups (broad SMARTS) is 1. The average molecular weight is 364 g/mol. The summed E-state index contributed by atoms with van der Waals surface area (Å²) in [6.45, 7) is 2.41. The highest BCUT2D eigenvalue weighted by Crippen LogP contribution is 2.33. The van der Waals surface area contributed by atoms with E-state index in [4.69, 9.17) is 10.5 Å². The van der Waals surface area contributed by atoms with E-state index < -0.39 is 11.9 Å². The van der Waals surface area contributed by atoms with E-state index in [9.17, 15) is 9.90 Å². The van der Waals surface area contributed by atoms with Gasteiger partial charge in [-0.3, -0.25) is 4.79 Å². The van der Waals surface area contributed by atoms with Gasteiger partial charge < -0.3 is 15.6 Å². The van der Waals surface area contributed by atoms with E-state index in [1.165, 1.54) is 0 Å². The van der Waals surface area contributed by atoms with Crippen LogP contribution in [-0.2, 0) is 11.4 Å². The number of hydrogen-bond donors (Lipinski definition) is 2. The van der Waals surface area contributed by atoms with Crippen LogP contribution in [0.15, 0.2) is 46.9 Å². The molecule has 2 rings (SSSR count). The van der Waals surface area contributed by atoms with Crippen LogP contribution in [-0.4, -0.2) is 17.6 Å². The van der Waals surface area contributed by atoms with Crippen molar-refractivity contribution in [3.05, 3.63) is 63.6 Å². The van der Waals surface area contributed by atoms with Crippen LogP contribution >= 0.6 is 15.9 Å². The van der Waals surface area contributed by atoms with E-state index in [2.05, 4.69) is 15.9 Å². The maximum absolute atomic E-state index is 11.2. The summed E-state index contributed by atoms with van der Waals surface area (Å²) in [6, 6.07) is 13.4. The Kier molecular flexibility index (Phi) is 5.57. The minimum atomic E-state index is -0.924. The van der Waals surface area contributed by atoms with E-state index in [-0.39, 0.29) is 6.54 Å². The second-order valence-electron chi connectivity index (χ2n) is 5.05. The second kappa shape index (κ2) is 7.42. The molecule has 0 aliphatic rings. The highest BCUT2D eigenvalue weighted by Gasteiger charge is 2.20. The van der Waals surface area contributed by atoms with Gasteiger partial charge in [-0.15, -0.1) is 0 Å². The molecule has 116 valence electrons. The normalized spacial score (nSPS) is 12.0. The molecule has 0 amide bonds. The van der Waals surface area contributed by atoms with Crippen LogP contribution in [0.1, 0.15) is 22.6 Å². The number of carbonyl (C=O) groups is 1. The van der Waals surface area contributed by atoms with Crippen molar-refractivity contribution >= 4 is 21.9 Å². The van der Waals surface area contributed by atoms with Gasteiger partial charge in [0.1, 0.15) is 12.4 Å². The Morgan fingerprint density at radius 2 is 2.00 bits per heavy atom. The zero-order valence-corrected chi connectivity index (χ0v) is 13.8. The van der Waals surface area contributed by atoms with Gasteiger partial charge in [0, 0.05) is 6.54 Å². The molecule has 0 heterocycles. The molecule has 1 atom stereocenters. The number of ether oxygens (including phenoxy) is 1. The number of rotatable bonds is 6. The van der Waals surface area contributed by atoms with Crippen molar-refractivity contribution in [3.63, 3.8) is 0 Å². The molecule has 0 saturated heterocycles. The molecular weight excluding hydrogens is 346 g/mol. The van der Waals surface area contributed by atoms with E-state index in [0.717, 1.165) is 15.6 Å². The van der Waals surface area contributed by atoms with Crippen LogP contribution in [0.5, 0.6) is 5.75 Å². The highest BCUT2D eigenvalue weighted by atomic mass is 79.9. The van der Waals surface area contributed by atoms with E-state index in [1.54, 1.807) is 6.07 Å². The molecule has 2 aromatic carbocycles. The maximum atomic E-state index is 11.2. The first kappa shape index (κ1) is 16.5. The molecule has 0 aliphatic heterocycles. The first-order valence-corrected chi connectivity index (χ1v) is 7.72. The minimum absolute atomic E-state index is 0.0609. The summed E-state index contributed by atoms with van der Waals surface area (Å²) >= 11 is 3.46. The predicted octanol–water partition coefficient (Wildman–Crippen LogP) is 3.46. The third-order valence-electron chi connectivity index (χ3n) is 3.41. The lowest BCUT2D eigenvalue weighted by atomic mass is 9.97. The van der Waals surface area contributed by atoms with Crippen molar-refractivity contribution in [1.82, 2.24) is 0 Å². The van der Waals surface area contributed by atoms with E-state index in [1.807, 2.05) is 43.3 Å². The molecule has 4 nitrogen and oxygen atoms in total. The van der Waals surface area contributed by atoms with Crippen molar-refractivity contribution in [3.8, 4) is 5.75 Å². The molecule has 1 unspecified atom stereocenters. The van der Waals surface area contributed by atoms with Gasteiger partial charge in [0.25, 0.3) is 0 Å². The molecule has 0 saturated carbocycles. The Balaban J connectivity index is 2.21. The van der Waals surface area contributed by atoms with Crippen LogP contribution in [0.3, 0.4) is 0 Å². The van der Waals surface area contributed by atoms with Crippen molar-refractivity contribution < 1.29 is 14.6 Å². The Bertz CT molecular complexity index is 635. The summed E-state index contributed by atoms with van der Waals surface area (Å²) in [5.74, 6) is -0.918. The lowest BCUT2D eigenvalue weighted by molar-refractivity contribution is -0.138. The number of benzene rings is 2. The fraction of sp³-hybridized carbons (Fsp3) is 0.235. The molecule has 0 radical (unpaired) electrons. The second-order valence-corrected chi connectivity index (χ2v) is 5.90. The fourth-order valence-corrected chi connectivity index (χ4v) is 2.94. The standard InChI is InChI=1S/C17H18BrNO3/c1-11-7-13(14(9-19)17(20)21)8-15(18)16(11)22-10-12-5-3-2-4-6-12/h2-8,14H,9-10,19H2,1H3,(H,20,21). The Morgan fingerprint density at radius 1 is 1.32 bits per heavy atom. The summed E-state index contributed by atoms with van der Waals surface area (Å²) in [5, 5.41) is 9.20. The number of nitrogens with two attached hydrogens (primary N) is 1. The first-order chi connectivity index (χ1) is 10.5. The van der Waals surface area contributed by atoms with Crippen LogP contribution in [0.25, 0.3) is 0 Å². The first-order valence-electron chi connectivity index (χ1n) is 6.92. The SMILES string of the molecule is Cc1cc(C(CN)C(=O)O)cc(Br)c1OCc1ccccc1. The van der Waals surface area contributed by atoms with E-state index >= 15 is 0 Å². The van der Waals surface area contributed by atoms with Crippen molar-refractivity contribution in [2.45, 2.75) is 19.4 Å². The average Bonchev–Trinajstić information content (AvgIpc) is 2.48. The number of carboxylic acids is 1. The number of hydrogen-bond acceptors (Lipinski definition) is 3. The molecule has 2 aromatic rings. The molecule has 0 aromatic heterocycles. The molecule has 3 N–H and O–H groups in total. The molecule has 22 heavy (non-hydrogen) atoms. The summed E-state index contributed by atoms with van der Waals surface area (Å²) in [6.07, 6.45) is 0. The molecule has 0 aliphatic carbocycles.